The predicted octanol–water partition coefficient (Wildman–Crippen LogP) is 11.3. The van der Waals surface area contributed by atoms with Crippen LogP contribution in [0.15, 0.2) is 187 Å². The minimum absolute atomic E-state index is 0.0286. The van der Waals surface area contributed by atoms with E-state index in [1.54, 1.807) is 0 Å². The van der Waals surface area contributed by atoms with Crippen molar-refractivity contribution in [2.45, 2.75) is 19.5 Å². The molecule has 1 aliphatic heterocycles. The molecule has 0 saturated carbocycles. The number of para-hydroxylation sites is 2. The van der Waals surface area contributed by atoms with Gasteiger partial charge in [-0.25, -0.2) is 4.90 Å². The Labute approximate surface area is 320 Å². The number of aromatic nitrogens is 2. The maximum Gasteiger partial charge on any atom is 0.241 e. The highest BCUT2D eigenvalue weighted by Crippen LogP contribution is 2.40. The normalized spacial score (nSPS) is 17.7. The van der Waals surface area contributed by atoms with E-state index in [0.29, 0.717) is 5.92 Å². The Bertz CT molecular complexity index is 2950. The van der Waals surface area contributed by atoms with Crippen LogP contribution < -0.4 is 4.90 Å². The Balaban J connectivity index is 1.00. The van der Waals surface area contributed by atoms with Crippen molar-refractivity contribution in [1.29, 1.82) is 0 Å². The molecule has 3 atom stereocenters. The summed E-state index contributed by atoms with van der Waals surface area (Å²) in [6.45, 7) is 2.32. The standard InChI is InChI=1S/C51H38N4/c1-34-21-28-43-45-33-38(37-22-29-47-44(32-37)42-19-11-12-20-46(42)53(47)39-17-9-4-10-18-39)23-30-48(45)54(49(43)31-34)40-24-26-41(27-25-40)55-50(35-13-5-2-6-14-35)52-51(55)36-15-7-3-8-16-36/h2-30,32-34,50H,31H2,1H3/p+1. The number of amidine groups is 1. The molecule has 262 valence electrons. The maximum atomic E-state index is 5.14. The van der Waals surface area contributed by atoms with Gasteiger partial charge in [0.1, 0.15) is 5.69 Å². The fourth-order valence-corrected chi connectivity index (χ4v) is 8.98. The summed E-state index contributed by atoms with van der Waals surface area (Å²) in [6, 6.07) is 63.9. The fourth-order valence-electron chi connectivity index (χ4n) is 8.98. The van der Waals surface area contributed by atoms with Crippen LogP contribution in [-0.4, -0.2) is 15.0 Å². The molecule has 9 aromatic rings. The van der Waals surface area contributed by atoms with Crippen molar-refractivity contribution in [3.63, 3.8) is 0 Å². The van der Waals surface area contributed by atoms with Crippen LogP contribution in [-0.2, 0) is 6.42 Å². The summed E-state index contributed by atoms with van der Waals surface area (Å²) < 4.78 is 4.88. The van der Waals surface area contributed by atoms with Gasteiger partial charge >= 0.3 is 0 Å². The van der Waals surface area contributed by atoms with Gasteiger partial charge in [-0.3, -0.25) is 0 Å². The Morgan fingerprint density at radius 3 is 1.87 bits per heavy atom. The van der Waals surface area contributed by atoms with Crippen molar-refractivity contribution in [1.82, 2.24) is 9.13 Å². The quantitative estimate of drug-likeness (QED) is 0.178. The Morgan fingerprint density at radius 1 is 0.527 bits per heavy atom. The highest BCUT2D eigenvalue weighted by atomic mass is 15.4. The molecule has 55 heavy (non-hydrogen) atoms. The number of hydrogen-bond donors (Lipinski definition) is 1. The summed E-state index contributed by atoms with van der Waals surface area (Å²) in [5, 5.41) is 3.83. The van der Waals surface area contributed by atoms with E-state index in [9.17, 15) is 0 Å². The molecule has 0 radical (unpaired) electrons. The van der Waals surface area contributed by atoms with Crippen LogP contribution in [0.5, 0.6) is 0 Å². The zero-order chi connectivity index (χ0) is 36.5. The van der Waals surface area contributed by atoms with E-state index in [-0.39, 0.29) is 6.17 Å². The number of benzene rings is 7. The summed E-state index contributed by atoms with van der Waals surface area (Å²) in [6.07, 6.45) is 5.75. The summed E-state index contributed by atoms with van der Waals surface area (Å²) in [5.74, 6) is 1.56. The second kappa shape index (κ2) is 12.7. The lowest BCUT2D eigenvalue weighted by Crippen LogP contribution is -3.14. The third kappa shape index (κ3) is 5.14. The number of nitrogens with one attached hydrogen (secondary N) is 1. The molecule has 4 heteroatoms. The van der Waals surface area contributed by atoms with Gasteiger partial charge in [-0.2, -0.15) is 4.99 Å². The van der Waals surface area contributed by atoms with E-state index < -0.39 is 0 Å². The Morgan fingerprint density at radius 2 is 1.13 bits per heavy atom. The summed E-state index contributed by atoms with van der Waals surface area (Å²) in [7, 11) is 0. The first-order valence-electron chi connectivity index (χ1n) is 19.3. The van der Waals surface area contributed by atoms with Gasteiger partial charge in [0.05, 0.1) is 22.1 Å². The molecular weight excluding hydrogens is 669 g/mol. The van der Waals surface area contributed by atoms with E-state index in [0.717, 1.165) is 17.8 Å². The van der Waals surface area contributed by atoms with Crippen LogP contribution in [0.2, 0.25) is 0 Å². The van der Waals surface area contributed by atoms with Crippen LogP contribution >= 0.6 is 0 Å². The van der Waals surface area contributed by atoms with Gasteiger partial charge in [-0.15, -0.1) is 0 Å². The Hall–Kier alpha value is -6.75. The average Bonchev–Trinajstić information content (AvgIpc) is 3.73. The molecule has 2 aromatic heterocycles. The molecule has 0 spiro atoms. The largest absolute Gasteiger partial charge is 0.313 e. The zero-order valence-corrected chi connectivity index (χ0v) is 30.6. The van der Waals surface area contributed by atoms with Crippen LogP contribution in [0, 0.1) is 5.92 Å². The molecule has 1 N–H and O–H groups in total. The molecule has 3 unspecified atom stereocenters. The maximum absolute atomic E-state index is 5.14. The van der Waals surface area contributed by atoms with Crippen molar-refractivity contribution in [3.05, 3.63) is 204 Å². The summed E-state index contributed by atoms with van der Waals surface area (Å²) in [4.78, 5) is 6.43. The minimum Gasteiger partial charge on any atom is -0.313 e. The lowest BCUT2D eigenvalue weighted by atomic mass is 9.93. The van der Waals surface area contributed by atoms with Gasteiger partial charge in [-0.1, -0.05) is 116 Å². The smallest absolute Gasteiger partial charge is 0.241 e. The van der Waals surface area contributed by atoms with Gasteiger partial charge in [0.15, 0.2) is 0 Å². The minimum atomic E-state index is 0.0286. The molecule has 0 amide bonds. The first-order valence-corrected chi connectivity index (χ1v) is 19.3. The number of fused-ring (bicyclic) bond motifs is 6. The molecule has 1 aliphatic carbocycles. The fraction of sp³-hybridized carbons (Fsp3) is 0.0784. The van der Waals surface area contributed by atoms with Gasteiger partial charge in [0, 0.05) is 56.5 Å². The van der Waals surface area contributed by atoms with Gasteiger partial charge in [0.25, 0.3) is 0 Å². The summed E-state index contributed by atoms with van der Waals surface area (Å²) >= 11 is 0. The third-order valence-corrected chi connectivity index (χ3v) is 11.6. The van der Waals surface area contributed by atoms with E-state index >= 15 is 0 Å². The highest BCUT2D eigenvalue weighted by molar-refractivity contribution is 6.10. The van der Waals surface area contributed by atoms with Crippen molar-refractivity contribution >= 4 is 50.3 Å². The van der Waals surface area contributed by atoms with Crippen molar-refractivity contribution in [3.8, 4) is 22.5 Å². The number of aliphatic imine (C=N–C) groups is 1. The van der Waals surface area contributed by atoms with Crippen LogP contribution in [0.3, 0.4) is 0 Å². The van der Waals surface area contributed by atoms with Crippen molar-refractivity contribution in [2.75, 3.05) is 0 Å². The van der Waals surface area contributed by atoms with Gasteiger partial charge < -0.3 is 9.13 Å². The molecular formula is C51H39N4+. The van der Waals surface area contributed by atoms with Crippen LogP contribution in [0.25, 0.3) is 61.3 Å². The molecule has 0 saturated heterocycles. The number of nitrogens with zero attached hydrogens (tertiary/aromatic N) is 3. The predicted molar refractivity (Wildman–Crippen MR) is 228 cm³/mol. The highest BCUT2D eigenvalue weighted by Gasteiger charge is 2.41. The van der Waals surface area contributed by atoms with Crippen LogP contribution in [0.4, 0.5) is 5.69 Å². The first kappa shape index (κ1) is 31.7. The zero-order valence-electron chi connectivity index (χ0n) is 30.6. The van der Waals surface area contributed by atoms with Crippen molar-refractivity contribution < 1.29 is 4.90 Å². The first-order chi connectivity index (χ1) is 27.2. The monoisotopic (exact) mass is 707 g/mol. The van der Waals surface area contributed by atoms with Gasteiger partial charge in [0.2, 0.25) is 12.0 Å². The van der Waals surface area contributed by atoms with E-state index in [2.05, 4.69) is 204 Å². The molecule has 7 aromatic carbocycles. The summed E-state index contributed by atoms with van der Waals surface area (Å²) in [5.41, 5.74) is 14.8. The topological polar surface area (TPSA) is 26.7 Å². The van der Waals surface area contributed by atoms with E-state index in [4.69, 9.17) is 4.99 Å². The molecule has 4 nitrogen and oxygen atoms in total. The molecule has 0 bridgehead atoms. The molecule has 0 fully saturated rings. The number of quaternary nitrogens is 1. The second-order valence-electron chi connectivity index (χ2n) is 15.0. The van der Waals surface area contributed by atoms with Crippen molar-refractivity contribution in [2.24, 2.45) is 10.9 Å². The number of rotatable bonds is 6. The molecule has 3 heterocycles. The number of allylic oxidation sites excluding steroid dienone is 1. The Kier molecular flexibility index (Phi) is 7.32. The SMILES string of the molecule is CC1C=Cc2c(n(-c3ccc([NH+]4C(c5ccccc5)=NC4c4ccccc4)cc3)c3ccc(-c4ccc5c(c4)c4ccccc4n5-c4ccccc4)cc23)C1. The molecule has 11 rings (SSSR count). The average molecular weight is 708 g/mol. The lowest BCUT2D eigenvalue weighted by Gasteiger charge is -2.34. The molecule has 2 aliphatic rings. The van der Waals surface area contributed by atoms with Gasteiger partial charge in [-0.05, 0) is 90.2 Å². The van der Waals surface area contributed by atoms with Crippen LogP contribution in [0.1, 0.15) is 35.5 Å². The third-order valence-electron chi connectivity index (χ3n) is 11.6. The van der Waals surface area contributed by atoms with E-state index in [1.807, 2.05) is 0 Å². The number of hydrogen-bond acceptors (Lipinski definition) is 1. The van der Waals surface area contributed by atoms with E-state index in [1.165, 1.54) is 82.6 Å². The lowest BCUT2D eigenvalue weighted by molar-refractivity contribution is -0.792. The second-order valence-corrected chi connectivity index (χ2v) is 15.0.